The van der Waals surface area contributed by atoms with Crippen LogP contribution in [0.25, 0.3) is 0 Å². The highest BCUT2D eigenvalue weighted by Crippen LogP contribution is 2.18. The maximum atomic E-state index is 9.82. The molecule has 3 heteroatoms. The van der Waals surface area contributed by atoms with Crippen LogP contribution in [0.3, 0.4) is 0 Å². The second-order valence-corrected chi connectivity index (χ2v) is 4.58. The van der Waals surface area contributed by atoms with Crippen molar-refractivity contribution >= 4 is 0 Å². The molecule has 1 aliphatic rings. The van der Waals surface area contributed by atoms with E-state index in [-0.39, 0.29) is 6.10 Å². The van der Waals surface area contributed by atoms with Crippen LogP contribution in [-0.4, -0.2) is 48.3 Å². The van der Waals surface area contributed by atoms with Crippen LogP contribution in [0.4, 0.5) is 0 Å². The molecule has 0 heterocycles. The fourth-order valence-electron chi connectivity index (χ4n) is 1.71. The number of nitrogens with one attached hydrogen (secondary N) is 1. The molecule has 1 saturated carbocycles. The van der Waals surface area contributed by atoms with Gasteiger partial charge in [-0.05, 0) is 32.4 Å². The van der Waals surface area contributed by atoms with E-state index in [9.17, 15) is 5.11 Å². The summed E-state index contributed by atoms with van der Waals surface area (Å²) in [5.41, 5.74) is 0. The van der Waals surface area contributed by atoms with Gasteiger partial charge in [0.05, 0.1) is 6.10 Å². The number of nitrogens with zero attached hydrogens (tertiary/aromatic N) is 1. The lowest BCUT2D eigenvalue weighted by molar-refractivity contribution is 0.113. The van der Waals surface area contributed by atoms with Crippen molar-refractivity contribution in [1.29, 1.82) is 0 Å². The number of aliphatic hydroxyl groups is 1. The molecular formula is C12H26N2O. The summed E-state index contributed by atoms with van der Waals surface area (Å²) >= 11 is 0. The summed E-state index contributed by atoms with van der Waals surface area (Å²) in [6, 6.07) is 0.699. The van der Waals surface area contributed by atoms with Gasteiger partial charge in [0.15, 0.2) is 0 Å². The predicted octanol–water partition coefficient (Wildman–Crippen LogP) is 1.22. The minimum absolute atomic E-state index is 0.206. The molecule has 0 amide bonds. The third-order valence-corrected chi connectivity index (χ3v) is 2.96. The predicted molar refractivity (Wildman–Crippen MR) is 64.1 cm³/mol. The molecule has 0 unspecified atom stereocenters. The molecule has 1 fully saturated rings. The van der Waals surface area contributed by atoms with Crippen molar-refractivity contribution in [3.8, 4) is 0 Å². The van der Waals surface area contributed by atoms with Gasteiger partial charge in [-0.15, -0.1) is 0 Å². The molecule has 0 aromatic rings. The van der Waals surface area contributed by atoms with Crippen LogP contribution < -0.4 is 5.32 Å². The monoisotopic (exact) mass is 214 g/mol. The van der Waals surface area contributed by atoms with Gasteiger partial charge in [-0.25, -0.2) is 0 Å². The Balaban J connectivity index is 2.05. The molecule has 0 radical (unpaired) electrons. The van der Waals surface area contributed by atoms with E-state index in [1.54, 1.807) is 0 Å². The van der Waals surface area contributed by atoms with E-state index >= 15 is 0 Å². The molecule has 0 aromatic carbocycles. The minimum atomic E-state index is -0.206. The van der Waals surface area contributed by atoms with E-state index in [2.05, 4.69) is 24.1 Å². The van der Waals surface area contributed by atoms with E-state index in [0.717, 1.165) is 26.2 Å². The molecule has 1 atom stereocenters. The average molecular weight is 214 g/mol. The standard InChI is InChI=1S/C12H26N2O/c1-3-5-8-14(4-2)10-12(15)9-13-11-6-7-11/h11-13,15H,3-10H2,1-2H3/t12-/m1/s1. The van der Waals surface area contributed by atoms with Gasteiger partial charge in [0.2, 0.25) is 0 Å². The van der Waals surface area contributed by atoms with Crippen molar-refractivity contribution in [1.82, 2.24) is 10.2 Å². The van der Waals surface area contributed by atoms with Crippen molar-refractivity contribution < 1.29 is 5.11 Å². The normalized spacial score (nSPS) is 18.4. The Hall–Kier alpha value is -0.120. The Kier molecular flexibility index (Phi) is 6.22. The Bertz CT molecular complexity index is 160. The van der Waals surface area contributed by atoms with Crippen LogP contribution in [0.15, 0.2) is 0 Å². The number of likely N-dealkylation sites (N-methyl/N-ethyl adjacent to an activating group) is 1. The molecule has 0 bridgehead atoms. The third kappa shape index (κ3) is 6.13. The minimum Gasteiger partial charge on any atom is -0.390 e. The van der Waals surface area contributed by atoms with E-state index in [1.807, 2.05) is 0 Å². The molecule has 15 heavy (non-hydrogen) atoms. The molecule has 2 N–H and O–H groups in total. The zero-order valence-corrected chi connectivity index (χ0v) is 10.2. The largest absolute Gasteiger partial charge is 0.390 e. The van der Waals surface area contributed by atoms with Gasteiger partial charge in [-0.3, -0.25) is 0 Å². The van der Waals surface area contributed by atoms with E-state index in [1.165, 1.54) is 25.7 Å². The lowest BCUT2D eigenvalue weighted by Gasteiger charge is -2.23. The molecule has 0 aromatic heterocycles. The van der Waals surface area contributed by atoms with Gasteiger partial charge >= 0.3 is 0 Å². The molecule has 1 aliphatic carbocycles. The smallest absolute Gasteiger partial charge is 0.0791 e. The molecule has 0 spiro atoms. The van der Waals surface area contributed by atoms with Crippen LogP contribution in [0.5, 0.6) is 0 Å². The molecule has 3 nitrogen and oxygen atoms in total. The summed E-state index contributed by atoms with van der Waals surface area (Å²) in [6.45, 7) is 8.10. The summed E-state index contributed by atoms with van der Waals surface area (Å²) in [6.07, 6.45) is 4.84. The SMILES string of the molecule is CCCCN(CC)C[C@H](O)CNC1CC1. The Morgan fingerprint density at radius 1 is 1.40 bits per heavy atom. The van der Waals surface area contributed by atoms with Gasteiger partial charge in [-0.1, -0.05) is 20.3 Å². The highest BCUT2D eigenvalue weighted by atomic mass is 16.3. The molecule has 0 aliphatic heterocycles. The number of hydrogen-bond acceptors (Lipinski definition) is 3. The zero-order chi connectivity index (χ0) is 11.1. The first-order valence-corrected chi connectivity index (χ1v) is 6.40. The van der Waals surface area contributed by atoms with Crippen molar-refractivity contribution in [3.63, 3.8) is 0 Å². The molecule has 0 saturated heterocycles. The van der Waals surface area contributed by atoms with Crippen LogP contribution in [-0.2, 0) is 0 Å². The third-order valence-electron chi connectivity index (χ3n) is 2.96. The summed E-state index contributed by atoms with van der Waals surface area (Å²) in [4.78, 5) is 2.34. The first kappa shape index (κ1) is 12.9. The topological polar surface area (TPSA) is 35.5 Å². The quantitative estimate of drug-likeness (QED) is 0.606. The van der Waals surface area contributed by atoms with Crippen LogP contribution >= 0.6 is 0 Å². The van der Waals surface area contributed by atoms with E-state index in [4.69, 9.17) is 0 Å². The maximum absolute atomic E-state index is 9.82. The van der Waals surface area contributed by atoms with Crippen molar-refractivity contribution in [2.45, 2.75) is 51.7 Å². The highest BCUT2D eigenvalue weighted by Gasteiger charge is 2.21. The van der Waals surface area contributed by atoms with Crippen LogP contribution in [0.1, 0.15) is 39.5 Å². The molecule has 1 rings (SSSR count). The zero-order valence-electron chi connectivity index (χ0n) is 10.2. The van der Waals surface area contributed by atoms with Gasteiger partial charge in [0.1, 0.15) is 0 Å². The second-order valence-electron chi connectivity index (χ2n) is 4.58. The number of aliphatic hydroxyl groups excluding tert-OH is 1. The summed E-state index contributed by atoms with van der Waals surface area (Å²) in [5, 5.41) is 13.2. The number of unbranched alkanes of at least 4 members (excludes halogenated alkanes) is 1. The fourth-order valence-corrected chi connectivity index (χ4v) is 1.71. The average Bonchev–Trinajstić information content (AvgIpc) is 3.05. The summed E-state index contributed by atoms with van der Waals surface area (Å²) < 4.78 is 0. The van der Waals surface area contributed by atoms with Crippen molar-refractivity contribution in [2.75, 3.05) is 26.2 Å². The van der Waals surface area contributed by atoms with Crippen LogP contribution in [0.2, 0.25) is 0 Å². The van der Waals surface area contributed by atoms with Gasteiger partial charge < -0.3 is 15.3 Å². The van der Waals surface area contributed by atoms with Crippen molar-refractivity contribution in [2.24, 2.45) is 0 Å². The Labute approximate surface area is 93.9 Å². The summed E-state index contributed by atoms with van der Waals surface area (Å²) in [7, 11) is 0. The highest BCUT2D eigenvalue weighted by molar-refractivity contribution is 4.82. The first-order chi connectivity index (χ1) is 7.26. The van der Waals surface area contributed by atoms with Crippen LogP contribution in [0, 0.1) is 0 Å². The summed E-state index contributed by atoms with van der Waals surface area (Å²) in [5.74, 6) is 0. The van der Waals surface area contributed by atoms with Gasteiger partial charge in [-0.2, -0.15) is 0 Å². The lowest BCUT2D eigenvalue weighted by Crippen LogP contribution is -2.39. The molecular weight excluding hydrogens is 188 g/mol. The van der Waals surface area contributed by atoms with Crippen molar-refractivity contribution in [3.05, 3.63) is 0 Å². The number of rotatable bonds is 9. The lowest BCUT2D eigenvalue weighted by atomic mass is 10.2. The van der Waals surface area contributed by atoms with Gasteiger partial charge in [0.25, 0.3) is 0 Å². The molecule has 90 valence electrons. The first-order valence-electron chi connectivity index (χ1n) is 6.40. The number of hydrogen-bond donors (Lipinski definition) is 2. The van der Waals surface area contributed by atoms with E-state index < -0.39 is 0 Å². The Morgan fingerprint density at radius 3 is 2.67 bits per heavy atom. The van der Waals surface area contributed by atoms with E-state index in [0.29, 0.717) is 6.04 Å². The Morgan fingerprint density at radius 2 is 2.13 bits per heavy atom. The second kappa shape index (κ2) is 7.20. The fraction of sp³-hybridized carbons (Fsp3) is 1.00. The van der Waals surface area contributed by atoms with Gasteiger partial charge in [0, 0.05) is 19.1 Å². The maximum Gasteiger partial charge on any atom is 0.0791 e.